The highest BCUT2D eigenvalue weighted by atomic mass is 16.6. The molecule has 1 amide bonds. The van der Waals surface area contributed by atoms with E-state index >= 15 is 0 Å². The number of para-hydroxylation sites is 2. The van der Waals surface area contributed by atoms with Gasteiger partial charge in [-0.3, -0.25) is 9.80 Å². The highest BCUT2D eigenvalue weighted by Gasteiger charge is 2.46. The van der Waals surface area contributed by atoms with Crippen LogP contribution in [0.4, 0.5) is 4.79 Å². The fraction of sp³-hybridized carbons (Fsp3) is 0.765. The lowest BCUT2D eigenvalue weighted by molar-refractivity contribution is -0.0424. The Labute approximate surface area is 240 Å². The Morgan fingerprint density at radius 2 is 1.50 bits per heavy atom. The number of imidazole rings is 1. The van der Waals surface area contributed by atoms with E-state index in [4.69, 9.17) is 9.72 Å². The van der Waals surface area contributed by atoms with Crippen molar-refractivity contribution in [3.8, 4) is 0 Å². The predicted octanol–water partition coefficient (Wildman–Crippen LogP) is 8.03. The number of amides is 1. The van der Waals surface area contributed by atoms with Crippen LogP contribution in [0.5, 0.6) is 0 Å². The Bertz CT molecular complexity index is 1190. The number of carbonyl (C=O) groups is 1. The molecule has 3 aliphatic heterocycles. The van der Waals surface area contributed by atoms with Crippen LogP contribution in [0.3, 0.4) is 0 Å². The normalized spacial score (nSPS) is 35.1. The smallest absolute Gasteiger partial charge is 0.410 e. The largest absolute Gasteiger partial charge is 0.444 e. The molecular weight excluding hydrogens is 496 g/mol. The molecule has 4 heterocycles. The molecule has 0 radical (unpaired) electrons. The molecule has 1 unspecified atom stereocenters. The number of likely N-dealkylation sites (tertiary alicyclic amines) is 1. The Morgan fingerprint density at radius 1 is 0.800 bits per heavy atom. The molecule has 7 rings (SSSR count). The average Bonchev–Trinajstić information content (AvgIpc) is 3.50. The summed E-state index contributed by atoms with van der Waals surface area (Å²) in [5.41, 5.74) is 1.82. The minimum Gasteiger partial charge on any atom is -0.444 e. The predicted molar refractivity (Wildman–Crippen MR) is 159 cm³/mol. The first-order valence-electron chi connectivity index (χ1n) is 16.6. The minimum absolute atomic E-state index is 0.0124. The zero-order chi connectivity index (χ0) is 27.4. The molecule has 5 fully saturated rings. The third-order valence-electron chi connectivity index (χ3n) is 10.9. The maximum atomic E-state index is 13.3. The zero-order valence-electron chi connectivity index (χ0n) is 25.1. The van der Waals surface area contributed by atoms with Crippen molar-refractivity contribution in [3.05, 3.63) is 30.1 Å². The van der Waals surface area contributed by atoms with E-state index in [2.05, 4.69) is 33.7 Å². The van der Waals surface area contributed by atoms with Crippen molar-refractivity contribution < 1.29 is 9.53 Å². The number of piperidine rings is 2. The van der Waals surface area contributed by atoms with E-state index in [1.165, 1.54) is 82.6 Å². The van der Waals surface area contributed by atoms with Crippen LogP contribution in [-0.4, -0.2) is 55.7 Å². The van der Waals surface area contributed by atoms with Gasteiger partial charge in [0.25, 0.3) is 0 Å². The molecule has 3 saturated heterocycles. The second kappa shape index (κ2) is 10.6. The molecular formula is C34H50N4O2. The van der Waals surface area contributed by atoms with Crippen molar-refractivity contribution in [2.75, 3.05) is 6.54 Å². The van der Waals surface area contributed by atoms with Gasteiger partial charge in [0, 0.05) is 30.7 Å². The van der Waals surface area contributed by atoms with Crippen LogP contribution in [0.25, 0.3) is 11.0 Å². The summed E-state index contributed by atoms with van der Waals surface area (Å²) < 4.78 is 8.45. The summed E-state index contributed by atoms with van der Waals surface area (Å²) in [6.07, 6.45) is 18.5. The number of fused-ring (bicyclic) bond motifs is 5. The standard InChI is InChI=1S/C34H50N4O2/c1-34(2,3)40-33(39)36-17-9-16-31(36)32-35-29-14-6-7-15-30(29)38(32)28-21-25-12-8-13-26(22-28)37(25)27-19-23-10-4-5-11-24(18-23)20-27/h6-7,14-15,23-28,31H,4-5,8-13,16-22H2,1-3H3/t23-,24+,25-,26+,27-,28-,31?. The van der Waals surface area contributed by atoms with E-state index in [-0.39, 0.29) is 12.1 Å². The summed E-state index contributed by atoms with van der Waals surface area (Å²) in [6.45, 7) is 6.62. The number of carbonyl (C=O) groups excluding carboxylic acids is 1. The van der Waals surface area contributed by atoms with E-state index in [9.17, 15) is 4.79 Å². The average molecular weight is 547 g/mol. The van der Waals surface area contributed by atoms with Crippen molar-refractivity contribution in [3.63, 3.8) is 0 Å². The minimum atomic E-state index is -0.495. The van der Waals surface area contributed by atoms with Gasteiger partial charge in [0.05, 0.1) is 17.1 Å². The molecule has 2 saturated carbocycles. The Balaban J connectivity index is 1.19. The van der Waals surface area contributed by atoms with E-state index in [1.54, 1.807) is 0 Å². The topological polar surface area (TPSA) is 50.6 Å². The van der Waals surface area contributed by atoms with Gasteiger partial charge >= 0.3 is 6.09 Å². The lowest BCUT2D eigenvalue weighted by atomic mass is 9.73. The van der Waals surface area contributed by atoms with Crippen molar-refractivity contribution in [1.29, 1.82) is 0 Å². The lowest BCUT2D eigenvalue weighted by Gasteiger charge is -2.54. The number of nitrogens with zero attached hydrogens (tertiary/aromatic N) is 4. The molecule has 218 valence electrons. The summed E-state index contributed by atoms with van der Waals surface area (Å²) in [7, 11) is 0. The van der Waals surface area contributed by atoms with Gasteiger partial charge in [-0.1, -0.05) is 44.2 Å². The molecule has 0 spiro atoms. The first-order valence-corrected chi connectivity index (χ1v) is 16.6. The highest BCUT2D eigenvalue weighted by molar-refractivity contribution is 5.77. The fourth-order valence-corrected chi connectivity index (χ4v) is 9.56. The Hall–Kier alpha value is -2.08. The van der Waals surface area contributed by atoms with Gasteiger partial charge in [0.1, 0.15) is 11.4 Å². The second-order valence-corrected chi connectivity index (χ2v) is 14.8. The third-order valence-corrected chi connectivity index (χ3v) is 10.9. The molecule has 6 heteroatoms. The van der Waals surface area contributed by atoms with Crippen molar-refractivity contribution in [2.45, 2.75) is 146 Å². The summed E-state index contributed by atoms with van der Waals surface area (Å²) in [5, 5.41) is 0. The quantitative estimate of drug-likeness (QED) is 0.391. The molecule has 5 aliphatic rings. The monoisotopic (exact) mass is 546 g/mol. The molecule has 2 aliphatic carbocycles. The summed E-state index contributed by atoms with van der Waals surface area (Å²) in [6, 6.07) is 11.3. The van der Waals surface area contributed by atoms with Crippen LogP contribution in [0.2, 0.25) is 0 Å². The van der Waals surface area contributed by atoms with E-state index in [1.807, 2.05) is 25.7 Å². The van der Waals surface area contributed by atoms with Crippen LogP contribution in [-0.2, 0) is 4.74 Å². The molecule has 2 aromatic rings. The third kappa shape index (κ3) is 5.07. The maximum Gasteiger partial charge on any atom is 0.410 e. The molecule has 1 aromatic carbocycles. The number of hydrogen-bond donors (Lipinski definition) is 0. The van der Waals surface area contributed by atoms with E-state index < -0.39 is 5.60 Å². The highest BCUT2D eigenvalue weighted by Crippen LogP contribution is 2.48. The van der Waals surface area contributed by atoms with Crippen molar-refractivity contribution >= 4 is 17.1 Å². The van der Waals surface area contributed by atoms with Gasteiger partial charge in [-0.15, -0.1) is 0 Å². The molecule has 1 aromatic heterocycles. The number of ether oxygens (including phenoxy) is 1. The van der Waals surface area contributed by atoms with Crippen LogP contribution < -0.4 is 0 Å². The van der Waals surface area contributed by atoms with Crippen molar-refractivity contribution in [2.24, 2.45) is 11.8 Å². The number of rotatable bonds is 3. The number of aromatic nitrogens is 2. The van der Waals surface area contributed by atoms with Gasteiger partial charge in [-0.25, -0.2) is 9.78 Å². The number of benzene rings is 1. The van der Waals surface area contributed by atoms with Crippen LogP contribution in [0.1, 0.15) is 129 Å². The second-order valence-electron chi connectivity index (χ2n) is 14.8. The summed E-state index contributed by atoms with van der Waals surface area (Å²) in [5.74, 6) is 3.02. The van der Waals surface area contributed by atoms with E-state index in [0.29, 0.717) is 18.1 Å². The van der Waals surface area contributed by atoms with Gasteiger partial charge in [-0.2, -0.15) is 0 Å². The Morgan fingerprint density at radius 3 is 2.20 bits per heavy atom. The SMILES string of the molecule is CC(C)(C)OC(=O)N1CCCC1c1nc2ccccc2n1[C@@H]1C[C@H]2CCC[C@@H](C1)N2[C@@H]1C[C@@H]2CCCC[C@@H](C2)C1. The molecule has 4 bridgehead atoms. The summed E-state index contributed by atoms with van der Waals surface area (Å²) >= 11 is 0. The Kier molecular flexibility index (Phi) is 7.13. The van der Waals surface area contributed by atoms with Gasteiger partial charge < -0.3 is 9.30 Å². The van der Waals surface area contributed by atoms with Crippen LogP contribution >= 0.6 is 0 Å². The fourth-order valence-electron chi connectivity index (χ4n) is 9.56. The number of hydrogen-bond acceptors (Lipinski definition) is 4. The maximum absolute atomic E-state index is 13.3. The first-order chi connectivity index (χ1) is 19.3. The molecule has 0 N–H and O–H groups in total. The van der Waals surface area contributed by atoms with Gasteiger partial charge in [0.15, 0.2) is 0 Å². The van der Waals surface area contributed by atoms with Crippen LogP contribution in [0, 0.1) is 11.8 Å². The van der Waals surface area contributed by atoms with Gasteiger partial charge in [0.2, 0.25) is 0 Å². The molecule has 6 nitrogen and oxygen atoms in total. The lowest BCUT2D eigenvalue weighted by Crippen LogP contribution is -2.58. The van der Waals surface area contributed by atoms with E-state index in [0.717, 1.165) is 48.6 Å². The molecule has 40 heavy (non-hydrogen) atoms. The van der Waals surface area contributed by atoms with Crippen LogP contribution in [0.15, 0.2) is 24.3 Å². The van der Waals surface area contributed by atoms with Crippen molar-refractivity contribution in [1.82, 2.24) is 19.4 Å². The van der Waals surface area contributed by atoms with Gasteiger partial charge in [-0.05, 0) is 103 Å². The zero-order valence-corrected chi connectivity index (χ0v) is 25.1. The first kappa shape index (κ1) is 26.8. The molecule has 7 atom stereocenters. The summed E-state index contributed by atoms with van der Waals surface area (Å²) in [4.78, 5) is 23.6.